The van der Waals surface area contributed by atoms with Gasteiger partial charge in [0, 0.05) is 62.8 Å². The number of imide groups is 1. The molecule has 3 N–H and O–H groups in total. The summed E-state index contributed by atoms with van der Waals surface area (Å²) < 4.78 is 5.56. The molecular weight excluding hydrogens is 384 g/mol. The molecule has 8 heteroatoms. The Bertz CT molecular complexity index is 880. The van der Waals surface area contributed by atoms with Crippen LogP contribution in [0.2, 0.25) is 0 Å². The molecule has 0 aliphatic carbocycles. The van der Waals surface area contributed by atoms with Crippen molar-refractivity contribution in [3.05, 3.63) is 34.9 Å². The Morgan fingerprint density at radius 2 is 2.03 bits per heavy atom. The van der Waals surface area contributed by atoms with Gasteiger partial charge in [0.2, 0.25) is 11.8 Å². The molecule has 160 valence electrons. The highest BCUT2D eigenvalue weighted by molar-refractivity contribution is 6.05. The Labute approximate surface area is 175 Å². The van der Waals surface area contributed by atoms with E-state index in [0.29, 0.717) is 24.6 Å². The molecule has 2 atom stereocenters. The Morgan fingerprint density at radius 3 is 2.83 bits per heavy atom. The molecule has 5 rings (SSSR count). The van der Waals surface area contributed by atoms with Crippen molar-refractivity contribution in [2.45, 2.75) is 50.9 Å². The minimum absolute atomic E-state index is 0.125. The fourth-order valence-electron chi connectivity index (χ4n) is 5.38. The van der Waals surface area contributed by atoms with Gasteiger partial charge in [-0.3, -0.25) is 19.7 Å². The number of carbonyl (C=O) groups is 3. The third-order valence-electron chi connectivity index (χ3n) is 7.19. The van der Waals surface area contributed by atoms with E-state index in [-0.39, 0.29) is 29.6 Å². The van der Waals surface area contributed by atoms with Crippen LogP contribution in [0.5, 0.6) is 0 Å². The van der Waals surface area contributed by atoms with Gasteiger partial charge in [0.25, 0.3) is 5.91 Å². The molecule has 0 saturated carbocycles. The average Bonchev–Trinajstić information content (AvgIpc) is 3.27. The van der Waals surface area contributed by atoms with Gasteiger partial charge in [-0.1, -0.05) is 12.1 Å². The molecule has 4 heterocycles. The number of nitrogens with one attached hydrogen (secondary N) is 3. The molecular formula is C22H28N4O4. The minimum atomic E-state index is -0.567. The molecule has 0 radical (unpaired) electrons. The molecule has 4 aliphatic heterocycles. The van der Waals surface area contributed by atoms with E-state index >= 15 is 0 Å². The number of benzene rings is 1. The predicted octanol–water partition coefficient (Wildman–Crippen LogP) is 0.306. The van der Waals surface area contributed by atoms with Crippen LogP contribution in [0.3, 0.4) is 0 Å². The summed E-state index contributed by atoms with van der Waals surface area (Å²) in [6.45, 7) is 4.82. The zero-order chi connectivity index (χ0) is 20.7. The first-order valence-corrected chi connectivity index (χ1v) is 10.8. The van der Waals surface area contributed by atoms with Gasteiger partial charge in [0.05, 0.1) is 0 Å². The predicted molar refractivity (Wildman–Crippen MR) is 108 cm³/mol. The van der Waals surface area contributed by atoms with Crippen LogP contribution < -0.4 is 16.0 Å². The van der Waals surface area contributed by atoms with Gasteiger partial charge in [-0.25, -0.2) is 0 Å². The SMILES string of the molecule is O=C1CCC(N2Cc3cc(CNC4CNCC45CCOCC5)ccc3C2=O)C(=O)N1. The highest BCUT2D eigenvalue weighted by atomic mass is 16.5. The number of piperidine rings is 1. The molecule has 3 saturated heterocycles. The lowest BCUT2D eigenvalue weighted by Crippen LogP contribution is -2.52. The molecule has 0 aromatic heterocycles. The van der Waals surface area contributed by atoms with Crippen molar-refractivity contribution in [3.8, 4) is 0 Å². The Balaban J connectivity index is 1.26. The van der Waals surface area contributed by atoms with E-state index in [4.69, 9.17) is 4.74 Å². The van der Waals surface area contributed by atoms with Crippen molar-refractivity contribution in [3.63, 3.8) is 0 Å². The smallest absolute Gasteiger partial charge is 0.255 e. The summed E-state index contributed by atoms with van der Waals surface area (Å²) in [5.74, 6) is -0.762. The number of fused-ring (bicyclic) bond motifs is 1. The first kappa shape index (κ1) is 19.7. The summed E-state index contributed by atoms with van der Waals surface area (Å²) in [6.07, 6.45) is 2.82. The van der Waals surface area contributed by atoms with E-state index in [2.05, 4.69) is 22.0 Å². The van der Waals surface area contributed by atoms with Crippen molar-refractivity contribution in [2.24, 2.45) is 5.41 Å². The third-order valence-corrected chi connectivity index (χ3v) is 7.19. The number of rotatable bonds is 4. The second kappa shape index (κ2) is 7.76. The average molecular weight is 412 g/mol. The number of nitrogens with zero attached hydrogens (tertiary/aromatic N) is 1. The van der Waals surface area contributed by atoms with Crippen LogP contribution >= 0.6 is 0 Å². The molecule has 3 fully saturated rings. The lowest BCUT2D eigenvalue weighted by molar-refractivity contribution is -0.136. The standard InChI is InChI=1S/C22H28N4O4/c27-19-4-3-17(20(28)25-19)26-12-15-9-14(1-2-16(15)21(26)29)10-24-18-11-23-13-22(18)5-7-30-8-6-22/h1-2,9,17-18,23-24H,3-8,10-13H2,(H,25,27,28). The molecule has 1 aromatic carbocycles. The number of ether oxygens (including phenoxy) is 1. The van der Waals surface area contributed by atoms with E-state index in [1.165, 1.54) is 0 Å². The largest absolute Gasteiger partial charge is 0.381 e. The van der Waals surface area contributed by atoms with E-state index in [1.54, 1.807) is 4.90 Å². The Hall–Kier alpha value is -2.29. The highest BCUT2D eigenvalue weighted by Crippen LogP contribution is 2.37. The van der Waals surface area contributed by atoms with E-state index < -0.39 is 6.04 Å². The lowest BCUT2D eigenvalue weighted by atomic mass is 9.76. The number of amides is 3. The molecule has 30 heavy (non-hydrogen) atoms. The fourth-order valence-corrected chi connectivity index (χ4v) is 5.38. The lowest BCUT2D eigenvalue weighted by Gasteiger charge is -2.38. The molecule has 1 spiro atoms. The summed E-state index contributed by atoms with van der Waals surface area (Å²) in [4.78, 5) is 38.0. The third kappa shape index (κ3) is 3.42. The van der Waals surface area contributed by atoms with E-state index in [0.717, 1.165) is 56.8 Å². The minimum Gasteiger partial charge on any atom is -0.381 e. The molecule has 4 aliphatic rings. The van der Waals surface area contributed by atoms with Crippen LogP contribution in [0.1, 0.15) is 47.2 Å². The maximum Gasteiger partial charge on any atom is 0.255 e. The van der Waals surface area contributed by atoms with Crippen LogP contribution in [-0.2, 0) is 27.4 Å². The fraction of sp³-hybridized carbons (Fsp3) is 0.591. The van der Waals surface area contributed by atoms with Gasteiger partial charge in [0.15, 0.2) is 0 Å². The van der Waals surface area contributed by atoms with Gasteiger partial charge in [-0.2, -0.15) is 0 Å². The first-order valence-electron chi connectivity index (χ1n) is 10.8. The molecule has 8 nitrogen and oxygen atoms in total. The maximum atomic E-state index is 12.8. The van der Waals surface area contributed by atoms with Crippen molar-refractivity contribution in [1.29, 1.82) is 0 Å². The number of hydrogen-bond donors (Lipinski definition) is 3. The summed E-state index contributed by atoms with van der Waals surface area (Å²) in [6, 6.07) is 5.79. The van der Waals surface area contributed by atoms with Crippen molar-refractivity contribution >= 4 is 17.7 Å². The van der Waals surface area contributed by atoms with Crippen LogP contribution in [0.25, 0.3) is 0 Å². The van der Waals surface area contributed by atoms with Crippen molar-refractivity contribution in [2.75, 3.05) is 26.3 Å². The second-order valence-electron chi connectivity index (χ2n) is 8.93. The maximum absolute atomic E-state index is 12.8. The van der Waals surface area contributed by atoms with E-state index in [9.17, 15) is 14.4 Å². The second-order valence-corrected chi connectivity index (χ2v) is 8.93. The van der Waals surface area contributed by atoms with Crippen LogP contribution in [0.15, 0.2) is 18.2 Å². The van der Waals surface area contributed by atoms with Crippen LogP contribution in [0, 0.1) is 5.41 Å². The summed E-state index contributed by atoms with van der Waals surface area (Å²) in [7, 11) is 0. The van der Waals surface area contributed by atoms with Gasteiger partial charge in [-0.05, 0) is 36.5 Å². The zero-order valence-corrected chi connectivity index (χ0v) is 17.0. The Morgan fingerprint density at radius 1 is 1.20 bits per heavy atom. The molecule has 3 amide bonds. The zero-order valence-electron chi connectivity index (χ0n) is 17.0. The highest BCUT2D eigenvalue weighted by Gasteiger charge is 2.43. The van der Waals surface area contributed by atoms with Gasteiger partial charge in [0.1, 0.15) is 6.04 Å². The van der Waals surface area contributed by atoms with Gasteiger partial charge < -0.3 is 20.3 Å². The van der Waals surface area contributed by atoms with E-state index in [1.807, 2.05) is 12.1 Å². The van der Waals surface area contributed by atoms with Gasteiger partial charge >= 0.3 is 0 Å². The molecule has 2 unspecified atom stereocenters. The number of hydrogen-bond acceptors (Lipinski definition) is 6. The Kier molecular flexibility index (Phi) is 5.08. The van der Waals surface area contributed by atoms with Crippen LogP contribution in [-0.4, -0.2) is 61.0 Å². The van der Waals surface area contributed by atoms with Crippen molar-refractivity contribution < 1.29 is 19.1 Å². The summed E-state index contributed by atoms with van der Waals surface area (Å²) in [5.41, 5.74) is 3.02. The summed E-state index contributed by atoms with van der Waals surface area (Å²) in [5, 5.41) is 9.61. The monoisotopic (exact) mass is 412 g/mol. The number of carbonyl (C=O) groups excluding carboxylic acids is 3. The van der Waals surface area contributed by atoms with Gasteiger partial charge in [-0.15, -0.1) is 0 Å². The van der Waals surface area contributed by atoms with Crippen molar-refractivity contribution in [1.82, 2.24) is 20.9 Å². The quantitative estimate of drug-likeness (QED) is 0.616. The normalized spacial score (nSPS) is 28.1. The topological polar surface area (TPSA) is 99.8 Å². The summed E-state index contributed by atoms with van der Waals surface area (Å²) >= 11 is 0. The molecule has 0 bridgehead atoms. The van der Waals surface area contributed by atoms with Crippen LogP contribution in [0.4, 0.5) is 0 Å². The molecule has 1 aromatic rings. The first-order chi connectivity index (χ1) is 14.6.